The SMILES string of the molecule is CCOC(=O)Nc1cc(C(=O)OCC)ccc1OC. The molecule has 0 saturated heterocycles. The Hall–Kier alpha value is -2.24. The molecule has 1 rings (SSSR count). The van der Waals surface area contributed by atoms with E-state index in [1.807, 2.05) is 0 Å². The zero-order valence-electron chi connectivity index (χ0n) is 11.2. The summed E-state index contributed by atoms with van der Waals surface area (Å²) in [7, 11) is 1.47. The molecule has 1 N–H and O–H groups in total. The summed E-state index contributed by atoms with van der Waals surface area (Å²) in [4.78, 5) is 23.0. The minimum atomic E-state index is -0.609. The molecule has 0 heterocycles. The number of esters is 1. The number of rotatable bonds is 5. The number of amides is 1. The summed E-state index contributed by atoms with van der Waals surface area (Å²) in [5.41, 5.74) is 0.681. The van der Waals surface area contributed by atoms with Gasteiger partial charge < -0.3 is 14.2 Å². The van der Waals surface area contributed by atoms with E-state index in [0.29, 0.717) is 17.0 Å². The molecule has 1 amide bonds. The molecule has 104 valence electrons. The van der Waals surface area contributed by atoms with Gasteiger partial charge in [-0.05, 0) is 32.0 Å². The molecule has 19 heavy (non-hydrogen) atoms. The van der Waals surface area contributed by atoms with Crippen molar-refractivity contribution in [2.45, 2.75) is 13.8 Å². The Morgan fingerprint density at radius 3 is 2.42 bits per heavy atom. The highest BCUT2D eigenvalue weighted by Gasteiger charge is 2.13. The first kappa shape index (κ1) is 14.8. The van der Waals surface area contributed by atoms with Crippen LogP contribution in [0, 0.1) is 0 Å². The fourth-order valence-electron chi connectivity index (χ4n) is 1.42. The summed E-state index contributed by atoms with van der Waals surface area (Å²) in [6.07, 6.45) is -0.609. The number of carbonyl (C=O) groups is 2. The molecule has 0 bridgehead atoms. The second-order valence-electron chi connectivity index (χ2n) is 3.48. The van der Waals surface area contributed by atoms with Crippen molar-refractivity contribution in [2.24, 2.45) is 0 Å². The van der Waals surface area contributed by atoms with Crippen molar-refractivity contribution in [2.75, 3.05) is 25.6 Å². The normalized spacial score (nSPS) is 9.63. The van der Waals surface area contributed by atoms with Gasteiger partial charge in [-0.15, -0.1) is 0 Å². The molecule has 0 spiro atoms. The van der Waals surface area contributed by atoms with E-state index >= 15 is 0 Å². The third-order valence-electron chi connectivity index (χ3n) is 2.22. The fourth-order valence-corrected chi connectivity index (χ4v) is 1.42. The van der Waals surface area contributed by atoms with E-state index in [0.717, 1.165) is 0 Å². The Morgan fingerprint density at radius 1 is 1.16 bits per heavy atom. The lowest BCUT2D eigenvalue weighted by Gasteiger charge is -2.11. The van der Waals surface area contributed by atoms with Gasteiger partial charge in [0.25, 0.3) is 0 Å². The average molecular weight is 267 g/mol. The Balaban J connectivity index is 2.95. The Labute approximate surface area is 111 Å². The molecule has 1 aromatic carbocycles. The number of benzene rings is 1. The van der Waals surface area contributed by atoms with Gasteiger partial charge in [-0.1, -0.05) is 0 Å². The lowest BCUT2D eigenvalue weighted by Crippen LogP contribution is -2.15. The minimum Gasteiger partial charge on any atom is -0.495 e. The second-order valence-corrected chi connectivity index (χ2v) is 3.48. The average Bonchev–Trinajstić information content (AvgIpc) is 2.39. The highest BCUT2D eigenvalue weighted by molar-refractivity contribution is 5.94. The van der Waals surface area contributed by atoms with Crippen molar-refractivity contribution in [3.05, 3.63) is 23.8 Å². The van der Waals surface area contributed by atoms with Crippen LogP contribution in [-0.4, -0.2) is 32.4 Å². The van der Waals surface area contributed by atoms with Crippen molar-refractivity contribution in [1.29, 1.82) is 0 Å². The molecular weight excluding hydrogens is 250 g/mol. The molecule has 0 aliphatic rings. The summed E-state index contributed by atoms with van der Waals surface area (Å²) < 4.78 is 14.8. The minimum absolute atomic E-state index is 0.256. The van der Waals surface area contributed by atoms with Gasteiger partial charge in [0, 0.05) is 0 Å². The standard InChI is InChI=1S/C13H17NO5/c1-4-18-12(15)9-6-7-11(17-3)10(8-9)14-13(16)19-5-2/h6-8H,4-5H2,1-3H3,(H,14,16). The van der Waals surface area contributed by atoms with Crippen LogP contribution in [0.5, 0.6) is 5.75 Å². The molecule has 6 heteroatoms. The number of carbonyl (C=O) groups excluding carboxylic acids is 2. The number of hydrogen-bond donors (Lipinski definition) is 1. The smallest absolute Gasteiger partial charge is 0.411 e. The zero-order valence-corrected chi connectivity index (χ0v) is 11.2. The number of ether oxygens (including phenoxy) is 3. The quantitative estimate of drug-likeness (QED) is 0.829. The predicted octanol–water partition coefficient (Wildman–Crippen LogP) is 2.44. The Kier molecular flexibility index (Phi) is 5.66. The maximum atomic E-state index is 11.6. The highest BCUT2D eigenvalue weighted by Crippen LogP contribution is 2.26. The molecule has 6 nitrogen and oxygen atoms in total. The number of anilines is 1. The van der Waals surface area contributed by atoms with Gasteiger partial charge in [0.15, 0.2) is 0 Å². The monoisotopic (exact) mass is 267 g/mol. The van der Waals surface area contributed by atoms with Crippen molar-refractivity contribution in [1.82, 2.24) is 0 Å². The predicted molar refractivity (Wildman–Crippen MR) is 69.6 cm³/mol. The van der Waals surface area contributed by atoms with Gasteiger partial charge >= 0.3 is 12.1 Å². The molecule has 0 aliphatic heterocycles. The van der Waals surface area contributed by atoms with Crippen molar-refractivity contribution >= 4 is 17.7 Å². The largest absolute Gasteiger partial charge is 0.495 e. The third-order valence-corrected chi connectivity index (χ3v) is 2.22. The summed E-state index contributed by atoms with van der Waals surface area (Å²) in [6.45, 7) is 3.96. The summed E-state index contributed by atoms with van der Waals surface area (Å²) in [5, 5.41) is 2.51. The highest BCUT2D eigenvalue weighted by atomic mass is 16.5. The first-order valence-electron chi connectivity index (χ1n) is 5.91. The van der Waals surface area contributed by atoms with E-state index in [1.165, 1.54) is 13.2 Å². The Morgan fingerprint density at radius 2 is 1.84 bits per heavy atom. The Bertz CT molecular complexity index is 458. The van der Waals surface area contributed by atoms with Gasteiger partial charge in [0.1, 0.15) is 5.75 Å². The van der Waals surface area contributed by atoms with Crippen LogP contribution in [-0.2, 0) is 9.47 Å². The van der Waals surface area contributed by atoms with Gasteiger partial charge in [0.2, 0.25) is 0 Å². The maximum Gasteiger partial charge on any atom is 0.411 e. The van der Waals surface area contributed by atoms with Crippen LogP contribution >= 0.6 is 0 Å². The maximum absolute atomic E-state index is 11.6. The van der Waals surface area contributed by atoms with E-state index in [1.54, 1.807) is 26.0 Å². The molecule has 0 saturated carbocycles. The van der Waals surface area contributed by atoms with Crippen LogP contribution in [0.1, 0.15) is 24.2 Å². The van der Waals surface area contributed by atoms with E-state index < -0.39 is 12.1 Å². The molecular formula is C13H17NO5. The van der Waals surface area contributed by atoms with Crippen molar-refractivity contribution < 1.29 is 23.8 Å². The lowest BCUT2D eigenvalue weighted by molar-refractivity contribution is 0.0526. The zero-order chi connectivity index (χ0) is 14.3. The van der Waals surface area contributed by atoms with Crippen LogP contribution < -0.4 is 10.1 Å². The van der Waals surface area contributed by atoms with Crippen LogP contribution in [0.3, 0.4) is 0 Å². The molecule has 0 fully saturated rings. The fraction of sp³-hybridized carbons (Fsp3) is 0.385. The van der Waals surface area contributed by atoms with Gasteiger partial charge in [-0.3, -0.25) is 5.32 Å². The van der Waals surface area contributed by atoms with Crippen molar-refractivity contribution in [3.63, 3.8) is 0 Å². The van der Waals surface area contributed by atoms with E-state index in [2.05, 4.69) is 5.32 Å². The second kappa shape index (κ2) is 7.25. The number of nitrogens with one attached hydrogen (secondary N) is 1. The van der Waals surface area contributed by atoms with Crippen LogP contribution in [0.4, 0.5) is 10.5 Å². The summed E-state index contributed by atoms with van der Waals surface area (Å²) in [6, 6.07) is 4.62. The van der Waals surface area contributed by atoms with Crippen LogP contribution in [0.2, 0.25) is 0 Å². The third kappa shape index (κ3) is 4.17. The van der Waals surface area contributed by atoms with E-state index in [4.69, 9.17) is 14.2 Å². The number of methoxy groups -OCH3 is 1. The van der Waals surface area contributed by atoms with Gasteiger partial charge in [-0.2, -0.15) is 0 Å². The van der Waals surface area contributed by atoms with Crippen LogP contribution in [0.25, 0.3) is 0 Å². The first-order valence-corrected chi connectivity index (χ1v) is 5.91. The first-order chi connectivity index (χ1) is 9.12. The van der Waals surface area contributed by atoms with Crippen LogP contribution in [0.15, 0.2) is 18.2 Å². The lowest BCUT2D eigenvalue weighted by atomic mass is 10.2. The summed E-state index contributed by atoms with van der Waals surface area (Å²) in [5.74, 6) is -0.0295. The van der Waals surface area contributed by atoms with E-state index in [-0.39, 0.29) is 13.2 Å². The summed E-state index contributed by atoms with van der Waals surface area (Å²) >= 11 is 0. The topological polar surface area (TPSA) is 73.9 Å². The number of hydrogen-bond acceptors (Lipinski definition) is 5. The molecule has 0 radical (unpaired) electrons. The molecule has 0 atom stereocenters. The van der Waals surface area contributed by atoms with E-state index in [9.17, 15) is 9.59 Å². The van der Waals surface area contributed by atoms with Gasteiger partial charge in [0.05, 0.1) is 31.6 Å². The molecule has 0 aliphatic carbocycles. The van der Waals surface area contributed by atoms with Gasteiger partial charge in [-0.25, -0.2) is 9.59 Å². The molecule has 0 aromatic heterocycles. The molecule has 0 unspecified atom stereocenters. The molecule has 1 aromatic rings. The van der Waals surface area contributed by atoms with Crippen molar-refractivity contribution in [3.8, 4) is 5.75 Å².